The molecule has 4 fully saturated rings. The van der Waals surface area contributed by atoms with Crippen molar-refractivity contribution in [2.24, 2.45) is 0 Å². The molecule has 334 valence electrons. The van der Waals surface area contributed by atoms with Crippen LogP contribution in [0, 0.1) is 0 Å². The van der Waals surface area contributed by atoms with Crippen molar-refractivity contribution in [1.82, 2.24) is 5.32 Å². The zero-order valence-corrected chi connectivity index (χ0v) is 30.4. The van der Waals surface area contributed by atoms with Gasteiger partial charge in [-0.15, -0.1) is 0 Å². The fourth-order valence-electron chi connectivity index (χ4n) is 6.82. The van der Waals surface area contributed by atoms with E-state index in [4.69, 9.17) is 37.9 Å². The third-order valence-electron chi connectivity index (χ3n) is 10.0. The molecule has 26 heteroatoms. The van der Waals surface area contributed by atoms with Crippen molar-refractivity contribution >= 4 is 5.91 Å². The minimum absolute atomic E-state index is 0.763. The van der Waals surface area contributed by atoms with E-state index in [0.717, 1.165) is 6.92 Å². The van der Waals surface area contributed by atoms with Gasteiger partial charge in [0, 0.05) is 6.92 Å². The Bertz CT molecular complexity index is 1220. The number of amides is 1. The minimum Gasteiger partial charge on any atom is -0.394 e. The summed E-state index contributed by atoms with van der Waals surface area (Å²) < 4.78 is 44.7. The highest BCUT2D eigenvalue weighted by Gasteiger charge is 2.57. The number of carbonyl (C=O) groups excluding carboxylic acids is 1. The van der Waals surface area contributed by atoms with Gasteiger partial charge in [0.25, 0.3) is 0 Å². The fourth-order valence-corrected chi connectivity index (χ4v) is 6.82. The number of carbonyl (C=O) groups is 1. The van der Waals surface area contributed by atoms with Crippen LogP contribution in [-0.2, 0) is 42.7 Å². The van der Waals surface area contributed by atoms with Crippen LogP contribution in [0.4, 0.5) is 0 Å². The largest absolute Gasteiger partial charge is 0.394 e. The highest BCUT2D eigenvalue weighted by atomic mass is 16.8. The molecule has 4 saturated heterocycles. The number of hydrogen-bond donors (Lipinski definition) is 17. The van der Waals surface area contributed by atoms with Gasteiger partial charge in [0.05, 0.1) is 39.6 Å². The lowest BCUT2D eigenvalue weighted by Gasteiger charge is -2.46. The number of aliphatic hydroxyl groups is 16. The van der Waals surface area contributed by atoms with Crippen molar-refractivity contribution in [2.45, 2.75) is 148 Å². The molecular formula is C31H55NO25. The number of nitrogens with one attached hydrogen (secondary N) is 1. The molecule has 4 aliphatic heterocycles. The Morgan fingerprint density at radius 3 is 1.56 bits per heavy atom. The Balaban J connectivity index is 1.51. The van der Waals surface area contributed by atoms with Crippen molar-refractivity contribution < 1.29 is 124 Å². The van der Waals surface area contributed by atoms with Crippen LogP contribution in [0.5, 0.6) is 0 Å². The Hall–Kier alpha value is -1.49. The molecule has 1 amide bonds. The summed E-state index contributed by atoms with van der Waals surface area (Å²) in [7, 11) is 0. The number of aliphatic hydroxyl groups excluding tert-OH is 16. The first-order chi connectivity index (χ1) is 27.0. The monoisotopic (exact) mass is 841 g/mol. The summed E-state index contributed by atoms with van der Waals surface area (Å²) in [5.74, 6) is -0.763. The van der Waals surface area contributed by atoms with Gasteiger partial charge in [-0.25, -0.2) is 0 Å². The van der Waals surface area contributed by atoms with E-state index in [-0.39, 0.29) is 0 Å². The Morgan fingerprint density at radius 1 is 0.561 bits per heavy atom. The van der Waals surface area contributed by atoms with Crippen molar-refractivity contribution in [3.05, 3.63) is 0 Å². The molecule has 0 spiro atoms. The van der Waals surface area contributed by atoms with Gasteiger partial charge in [0.1, 0.15) is 116 Å². The van der Waals surface area contributed by atoms with E-state index in [1.54, 1.807) is 0 Å². The van der Waals surface area contributed by atoms with Crippen molar-refractivity contribution in [1.29, 1.82) is 0 Å². The lowest BCUT2D eigenvalue weighted by molar-refractivity contribution is -0.365. The minimum atomic E-state index is -2.11. The molecule has 4 aliphatic rings. The average molecular weight is 842 g/mol. The van der Waals surface area contributed by atoms with Crippen LogP contribution < -0.4 is 5.32 Å². The summed E-state index contributed by atoms with van der Waals surface area (Å²) in [4.78, 5) is 12.1. The third-order valence-corrected chi connectivity index (χ3v) is 10.0. The molecule has 4 heterocycles. The molecule has 0 aliphatic carbocycles. The summed E-state index contributed by atoms with van der Waals surface area (Å²) in [5.41, 5.74) is 0. The van der Waals surface area contributed by atoms with E-state index in [1.807, 2.05) is 0 Å². The van der Waals surface area contributed by atoms with Crippen LogP contribution in [0.25, 0.3) is 0 Å². The molecule has 57 heavy (non-hydrogen) atoms. The highest BCUT2D eigenvalue weighted by molar-refractivity contribution is 5.73. The van der Waals surface area contributed by atoms with E-state index in [1.165, 1.54) is 0 Å². The molecule has 26 nitrogen and oxygen atoms in total. The SMILES string of the molecule is CC(=O)N[C@H]1[C@H](O[C@@H](CO)[C@H](O)[C@H](O)CO)O[C@H](CO)[C@@H](O[C@@H]2O[C@@H]([C@H](O)CO)[C@H](O[C@@H]3O[C@H](CO)[C@@H](O[C@@H]4O[C@H](CO)[C@H](O)[C@H](O)[C@H]4O)[C@H](O)[C@H]3O)[C@H]2O)[C@@H]1O. The first-order valence-electron chi connectivity index (χ1n) is 17.9. The van der Waals surface area contributed by atoms with Crippen LogP contribution in [0.1, 0.15) is 6.92 Å². The zero-order chi connectivity index (χ0) is 42.5. The first kappa shape index (κ1) is 48.2. The second kappa shape index (κ2) is 21.3. The van der Waals surface area contributed by atoms with E-state index < -0.39 is 187 Å². The van der Waals surface area contributed by atoms with Crippen molar-refractivity contribution in [3.63, 3.8) is 0 Å². The van der Waals surface area contributed by atoms with Crippen LogP contribution in [0.15, 0.2) is 0 Å². The molecule has 0 aromatic heterocycles. The molecule has 0 saturated carbocycles. The average Bonchev–Trinajstić information content (AvgIpc) is 3.50. The molecule has 17 N–H and O–H groups in total. The van der Waals surface area contributed by atoms with Gasteiger partial charge in [0.2, 0.25) is 5.91 Å². The van der Waals surface area contributed by atoms with Gasteiger partial charge in [0.15, 0.2) is 25.2 Å². The summed E-state index contributed by atoms with van der Waals surface area (Å²) in [6.45, 7) is -4.57. The molecular weight excluding hydrogens is 786 g/mol. The second-order valence-electron chi connectivity index (χ2n) is 14.0. The van der Waals surface area contributed by atoms with E-state index in [2.05, 4.69) is 5.32 Å². The third kappa shape index (κ3) is 10.7. The molecule has 23 atom stereocenters. The van der Waals surface area contributed by atoms with Crippen molar-refractivity contribution in [3.8, 4) is 0 Å². The fraction of sp³-hybridized carbons (Fsp3) is 0.968. The first-order valence-corrected chi connectivity index (χ1v) is 17.9. The number of ether oxygens (including phenoxy) is 8. The smallest absolute Gasteiger partial charge is 0.217 e. The van der Waals surface area contributed by atoms with Crippen LogP contribution in [0.3, 0.4) is 0 Å². The summed E-state index contributed by atoms with van der Waals surface area (Å²) >= 11 is 0. The van der Waals surface area contributed by atoms with Crippen LogP contribution in [-0.4, -0.2) is 268 Å². The zero-order valence-electron chi connectivity index (χ0n) is 30.4. The van der Waals surface area contributed by atoms with E-state index >= 15 is 0 Å². The van der Waals surface area contributed by atoms with Gasteiger partial charge in [-0.05, 0) is 0 Å². The molecule has 4 rings (SSSR count). The maximum atomic E-state index is 12.1. The quantitative estimate of drug-likeness (QED) is 0.0609. The lowest BCUT2D eigenvalue weighted by Crippen LogP contribution is -2.67. The van der Waals surface area contributed by atoms with E-state index in [0.29, 0.717) is 0 Å². The molecule has 0 aromatic rings. The number of rotatable bonds is 18. The maximum Gasteiger partial charge on any atom is 0.217 e. The predicted molar refractivity (Wildman–Crippen MR) is 174 cm³/mol. The lowest BCUT2D eigenvalue weighted by atomic mass is 9.96. The molecule has 0 unspecified atom stereocenters. The molecule has 0 aromatic carbocycles. The second-order valence-corrected chi connectivity index (χ2v) is 14.0. The van der Waals surface area contributed by atoms with Gasteiger partial charge < -0.3 is 125 Å². The van der Waals surface area contributed by atoms with Gasteiger partial charge >= 0.3 is 0 Å². The van der Waals surface area contributed by atoms with Gasteiger partial charge in [-0.3, -0.25) is 4.79 Å². The van der Waals surface area contributed by atoms with Crippen LogP contribution >= 0.6 is 0 Å². The van der Waals surface area contributed by atoms with E-state index in [9.17, 15) is 86.5 Å². The summed E-state index contributed by atoms with van der Waals surface area (Å²) in [6, 6.07) is -1.60. The molecule has 0 radical (unpaired) electrons. The van der Waals surface area contributed by atoms with Crippen LogP contribution in [0.2, 0.25) is 0 Å². The maximum absolute atomic E-state index is 12.1. The standard InChI is InChI=1S/C31H55NO25/c1-8(39)32-15-18(44)25(13(6-37)52-28(15)50-11(4-35)16(42)9(40)2-33)55-31-23(49)27(24(54-31)10(41)3-34)57-30-22(48)20(46)26(14(7-38)53-30)56-29-21(47)19(45)17(43)12(5-36)51-29/h9-31,33-38,40-49H,2-7H2,1H3,(H,32,39)/t9-,10-,11+,12-,13-,14-,15-,16-,17+,18-,19+,20-,21-,22-,23-,24+,25-,26-,27-,28-,29+,30+,31+/m1/s1. The van der Waals surface area contributed by atoms with Crippen molar-refractivity contribution in [2.75, 3.05) is 39.6 Å². The predicted octanol–water partition coefficient (Wildman–Crippen LogP) is -11.5. The van der Waals surface area contributed by atoms with Gasteiger partial charge in [-0.1, -0.05) is 0 Å². The summed E-state index contributed by atoms with van der Waals surface area (Å²) in [6.07, 6.45) is -39.9. The Kier molecular flexibility index (Phi) is 18.0. The van der Waals surface area contributed by atoms with Gasteiger partial charge in [-0.2, -0.15) is 0 Å². The highest BCUT2D eigenvalue weighted by Crippen LogP contribution is 2.36. The topological polar surface area (TPSA) is 427 Å². The number of hydrogen-bond acceptors (Lipinski definition) is 25. The summed E-state index contributed by atoms with van der Waals surface area (Å²) in [5, 5.41) is 167. The Morgan fingerprint density at radius 2 is 1.05 bits per heavy atom. The molecule has 0 bridgehead atoms. The normalized spacial score (nSPS) is 45.0. The Labute approximate surface area is 323 Å².